The molecule has 1 aromatic carbocycles. The molecule has 0 heterocycles. The number of nitrogens with one attached hydrogen (secondary N) is 2. The van der Waals surface area contributed by atoms with E-state index in [1.165, 1.54) is 6.07 Å². The van der Waals surface area contributed by atoms with Crippen LogP contribution in [0.5, 0.6) is 5.75 Å². The molecular weight excluding hydrogens is 360 g/mol. The SMILES string of the molecule is CC1CC1C(=O)NCCC(=O)Nc1cc(Br)cc(Cl)c1O. The number of hydrogen-bond donors (Lipinski definition) is 3. The Morgan fingerprint density at radius 1 is 1.48 bits per heavy atom. The predicted molar refractivity (Wildman–Crippen MR) is 84.3 cm³/mol. The lowest BCUT2D eigenvalue weighted by molar-refractivity contribution is -0.122. The molecule has 0 saturated heterocycles. The quantitative estimate of drug-likeness (QED) is 0.692. The van der Waals surface area contributed by atoms with Gasteiger partial charge in [-0.15, -0.1) is 0 Å². The summed E-state index contributed by atoms with van der Waals surface area (Å²) < 4.78 is 0.650. The summed E-state index contributed by atoms with van der Waals surface area (Å²) in [7, 11) is 0. The highest BCUT2D eigenvalue weighted by Gasteiger charge is 2.38. The van der Waals surface area contributed by atoms with Crippen LogP contribution in [0.2, 0.25) is 5.02 Å². The smallest absolute Gasteiger partial charge is 0.226 e. The van der Waals surface area contributed by atoms with Crippen LogP contribution in [-0.4, -0.2) is 23.5 Å². The van der Waals surface area contributed by atoms with Crippen LogP contribution in [0.25, 0.3) is 0 Å². The maximum absolute atomic E-state index is 11.8. The van der Waals surface area contributed by atoms with E-state index in [0.29, 0.717) is 10.4 Å². The third-order valence-electron chi connectivity index (χ3n) is 3.40. The van der Waals surface area contributed by atoms with E-state index in [2.05, 4.69) is 26.6 Å². The Bertz CT molecular complexity index is 580. The topological polar surface area (TPSA) is 78.4 Å². The van der Waals surface area contributed by atoms with Gasteiger partial charge in [-0.1, -0.05) is 34.5 Å². The van der Waals surface area contributed by atoms with Crippen molar-refractivity contribution in [3.05, 3.63) is 21.6 Å². The molecule has 7 heteroatoms. The normalized spacial score (nSPS) is 20.0. The molecule has 1 aromatic rings. The van der Waals surface area contributed by atoms with Crippen molar-refractivity contribution < 1.29 is 14.7 Å². The first-order chi connectivity index (χ1) is 9.88. The lowest BCUT2D eigenvalue weighted by Crippen LogP contribution is -2.29. The second-order valence-corrected chi connectivity index (χ2v) is 6.52. The Kier molecular flexibility index (Phi) is 5.11. The van der Waals surface area contributed by atoms with Crippen LogP contribution in [0, 0.1) is 11.8 Å². The molecule has 1 aliphatic carbocycles. The first kappa shape index (κ1) is 16.1. The number of anilines is 1. The van der Waals surface area contributed by atoms with Gasteiger partial charge in [0.05, 0.1) is 10.7 Å². The monoisotopic (exact) mass is 374 g/mol. The Morgan fingerprint density at radius 2 is 2.14 bits per heavy atom. The second kappa shape index (κ2) is 6.66. The van der Waals surface area contributed by atoms with Crippen molar-refractivity contribution in [3.8, 4) is 5.75 Å². The van der Waals surface area contributed by atoms with Crippen LogP contribution in [0.1, 0.15) is 19.8 Å². The minimum absolute atomic E-state index is 0.00338. The van der Waals surface area contributed by atoms with Crippen molar-refractivity contribution in [1.82, 2.24) is 5.32 Å². The highest BCUT2D eigenvalue weighted by Crippen LogP contribution is 2.37. The molecular formula is C14H16BrClN2O3. The summed E-state index contributed by atoms with van der Waals surface area (Å²) >= 11 is 9.05. The first-order valence-corrected chi connectivity index (χ1v) is 7.81. The summed E-state index contributed by atoms with van der Waals surface area (Å²) in [4.78, 5) is 23.4. The van der Waals surface area contributed by atoms with Crippen molar-refractivity contribution in [2.75, 3.05) is 11.9 Å². The van der Waals surface area contributed by atoms with E-state index in [1.54, 1.807) is 6.07 Å². The fourth-order valence-electron chi connectivity index (χ4n) is 1.99. The third-order valence-corrected chi connectivity index (χ3v) is 4.15. The molecule has 0 spiro atoms. The maximum atomic E-state index is 11.8. The summed E-state index contributed by atoms with van der Waals surface area (Å²) in [6, 6.07) is 3.09. The number of phenols is 1. The number of halogens is 2. The predicted octanol–water partition coefficient (Wildman–Crippen LogP) is 2.91. The number of rotatable bonds is 5. The van der Waals surface area contributed by atoms with E-state index < -0.39 is 0 Å². The van der Waals surface area contributed by atoms with Crippen LogP contribution in [0.3, 0.4) is 0 Å². The van der Waals surface area contributed by atoms with Gasteiger partial charge in [-0.05, 0) is 24.5 Å². The van der Waals surface area contributed by atoms with Crippen LogP contribution >= 0.6 is 27.5 Å². The molecule has 0 aromatic heterocycles. The Labute approximate surface area is 136 Å². The van der Waals surface area contributed by atoms with E-state index in [0.717, 1.165) is 6.42 Å². The van der Waals surface area contributed by atoms with Gasteiger partial charge in [-0.2, -0.15) is 0 Å². The van der Waals surface area contributed by atoms with Crippen LogP contribution < -0.4 is 10.6 Å². The zero-order chi connectivity index (χ0) is 15.6. The average molecular weight is 376 g/mol. The number of phenolic OH excluding ortho intramolecular Hbond substituents is 1. The van der Waals surface area contributed by atoms with E-state index in [9.17, 15) is 14.7 Å². The standard InChI is InChI=1S/C14H16BrClN2O3/c1-7-4-9(7)14(21)17-3-2-12(19)18-11-6-8(15)5-10(16)13(11)20/h5-7,9,20H,2-4H2,1H3,(H,17,21)(H,18,19). The van der Waals surface area contributed by atoms with Gasteiger partial charge in [0.15, 0.2) is 5.75 Å². The molecule has 114 valence electrons. The molecule has 2 unspecified atom stereocenters. The van der Waals surface area contributed by atoms with Gasteiger partial charge in [-0.25, -0.2) is 0 Å². The number of benzene rings is 1. The largest absolute Gasteiger partial charge is 0.504 e. The summed E-state index contributed by atoms with van der Waals surface area (Å²) in [5.41, 5.74) is 0.238. The Balaban J connectivity index is 1.81. The molecule has 0 aliphatic heterocycles. The summed E-state index contributed by atoms with van der Waals surface area (Å²) in [6.07, 6.45) is 1.05. The lowest BCUT2D eigenvalue weighted by atomic mass is 10.2. The van der Waals surface area contributed by atoms with Gasteiger partial charge in [0.25, 0.3) is 0 Å². The van der Waals surface area contributed by atoms with Crippen molar-refractivity contribution >= 4 is 45.0 Å². The van der Waals surface area contributed by atoms with Crippen molar-refractivity contribution in [2.24, 2.45) is 11.8 Å². The van der Waals surface area contributed by atoms with Gasteiger partial charge in [0.2, 0.25) is 11.8 Å². The average Bonchev–Trinajstić information content (AvgIpc) is 3.12. The van der Waals surface area contributed by atoms with Crippen molar-refractivity contribution in [1.29, 1.82) is 0 Å². The van der Waals surface area contributed by atoms with E-state index in [4.69, 9.17) is 11.6 Å². The van der Waals surface area contributed by atoms with Crippen molar-refractivity contribution in [2.45, 2.75) is 19.8 Å². The van der Waals surface area contributed by atoms with Gasteiger partial charge in [0.1, 0.15) is 0 Å². The molecule has 2 amide bonds. The molecule has 1 aliphatic rings. The zero-order valence-electron chi connectivity index (χ0n) is 11.5. The van der Waals surface area contributed by atoms with E-state index in [-0.39, 0.29) is 47.2 Å². The highest BCUT2D eigenvalue weighted by molar-refractivity contribution is 9.10. The molecule has 21 heavy (non-hydrogen) atoms. The fourth-order valence-corrected chi connectivity index (χ4v) is 2.80. The van der Waals surface area contributed by atoms with Crippen LogP contribution in [0.4, 0.5) is 5.69 Å². The molecule has 0 radical (unpaired) electrons. The molecule has 0 bridgehead atoms. The van der Waals surface area contributed by atoms with Crippen molar-refractivity contribution in [3.63, 3.8) is 0 Å². The van der Waals surface area contributed by atoms with Gasteiger partial charge >= 0.3 is 0 Å². The number of carbonyl (C=O) groups is 2. The number of hydrogen-bond acceptors (Lipinski definition) is 3. The third kappa shape index (κ3) is 4.35. The number of aromatic hydroxyl groups is 1. The zero-order valence-corrected chi connectivity index (χ0v) is 13.8. The summed E-state index contributed by atoms with van der Waals surface area (Å²) in [5.74, 6) is 0.0666. The molecule has 3 N–H and O–H groups in total. The Morgan fingerprint density at radius 3 is 2.76 bits per heavy atom. The van der Waals surface area contributed by atoms with Crippen LogP contribution in [0.15, 0.2) is 16.6 Å². The highest BCUT2D eigenvalue weighted by atomic mass is 79.9. The minimum atomic E-state index is -0.302. The second-order valence-electron chi connectivity index (χ2n) is 5.19. The molecule has 1 saturated carbocycles. The maximum Gasteiger partial charge on any atom is 0.226 e. The molecule has 2 atom stereocenters. The van der Waals surface area contributed by atoms with E-state index in [1.807, 2.05) is 6.92 Å². The van der Waals surface area contributed by atoms with E-state index >= 15 is 0 Å². The first-order valence-electron chi connectivity index (χ1n) is 6.64. The summed E-state index contributed by atoms with van der Waals surface area (Å²) in [5, 5.41) is 15.2. The van der Waals surface area contributed by atoms with Gasteiger partial charge in [-0.3, -0.25) is 9.59 Å². The van der Waals surface area contributed by atoms with Gasteiger partial charge in [0, 0.05) is 23.4 Å². The molecule has 5 nitrogen and oxygen atoms in total. The lowest BCUT2D eigenvalue weighted by Gasteiger charge is -2.09. The fraction of sp³-hybridized carbons (Fsp3) is 0.429. The number of carbonyl (C=O) groups excluding carboxylic acids is 2. The molecule has 2 rings (SSSR count). The Hall–Kier alpha value is -1.27. The van der Waals surface area contributed by atoms with Crippen LogP contribution in [-0.2, 0) is 9.59 Å². The van der Waals surface area contributed by atoms with Gasteiger partial charge < -0.3 is 15.7 Å². The summed E-state index contributed by atoms with van der Waals surface area (Å²) in [6.45, 7) is 2.30. The number of amides is 2. The minimum Gasteiger partial charge on any atom is -0.504 e. The molecule has 1 fully saturated rings.